The number of piperidine rings is 2. The van der Waals surface area contributed by atoms with E-state index in [9.17, 15) is 10.5 Å². The van der Waals surface area contributed by atoms with E-state index in [4.69, 9.17) is 0 Å². The first-order chi connectivity index (χ1) is 13.2. The van der Waals surface area contributed by atoms with E-state index in [1.165, 1.54) is 22.3 Å². The average Bonchev–Trinajstić information content (AvgIpc) is 2.71. The smallest absolute Gasteiger partial charge is 0.179 e. The quantitative estimate of drug-likeness (QED) is 0.730. The van der Waals surface area contributed by atoms with Gasteiger partial charge in [0, 0.05) is 23.9 Å². The SMILES string of the molecule is CN1C2C3c4ccccc4[C@H]1C(C#N)(C#N)[C@@H]1C2c2ccccc2C3N1C. The number of likely N-dealkylation sites (N-methyl/N-ethyl adjacent to an activating group) is 2. The van der Waals surface area contributed by atoms with Gasteiger partial charge in [-0.15, -0.1) is 0 Å². The van der Waals surface area contributed by atoms with Crippen molar-refractivity contribution >= 4 is 0 Å². The molecule has 0 saturated carbocycles. The summed E-state index contributed by atoms with van der Waals surface area (Å²) < 4.78 is 0. The summed E-state index contributed by atoms with van der Waals surface area (Å²) in [6, 6.07) is 22.5. The van der Waals surface area contributed by atoms with Crippen LogP contribution in [0.25, 0.3) is 0 Å². The lowest BCUT2D eigenvalue weighted by molar-refractivity contribution is -0.128. The molecule has 7 rings (SSSR count). The van der Waals surface area contributed by atoms with E-state index in [1.54, 1.807) is 0 Å². The van der Waals surface area contributed by atoms with Crippen molar-refractivity contribution in [1.82, 2.24) is 9.80 Å². The molecular formula is C23H20N4. The van der Waals surface area contributed by atoms with Gasteiger partial charge < -0.3 is 0 Å². The maximum Gasteiger partial charge on any atom is 0.179 e. The standard InChI is InChI=1S/C23H20N4/c1-26-19-15-9-5-3-7-13(15)18-20-17(19)14-8-4-6-10-16(14)21(27(20)2)23(11-24,12-25)22(18)26/h3-10,17-22H,1-2H3/t17?,18?,19?,20?,21-,22-/m0/s1. The first-order valence-electron chi connectivity index (χ1n) is 9.59. The highest BCUT2D eigenvalue weighted by Crippen LogP contribution is 2.69. The molecule has 132 valence electrons. The zero-order chi connectivity index (χ0) is 18.5. The number of benzene rings is 2. The predicted molar refractivity (Wildman–Crippen MR) is 101 cm³/mol. The van der Waals surface area contributed by atoms with Gasteiger partial charge in [0.1, 0.15) is 0 Å². The van der Waals surface area contributed by atoms with Crippen LogP contribution in [0.5, 0.6) is 0 Å². The van der Waals surface area contributed by atoms with Crippen molar-refractivity contribution in [2.75, 3.05) is 14.1 Å². The Hall–Kier alpha value is -2.66. The van der Waals surface area contributed by atoms with Gasteiger partial charge in [-0.3, -0.25) is 9.80 Å². The molecule has 1 aliphatic carbocycles. The third kappa shape index (κ3) is 1.46. The van der Waals surface area contributed by atoms with Crippen LogP contribution in [0, 0.1) is 28.1 Å². The number of fused-ring (bicyclic) bond motifs is 3. The van der Waals surface area contributed by atoms with Crippen LogP contribution in [0.4, 0.5) is 0 Å². The lowest BCUT2D eigenvalue weighted by atomic mass is 9.48. The molecule has 2 aromatic carbocycles. The van der Waals surface area contributed by atoms with Crippen molar-refractivity contribution in [3.05, 3.63) is 70.8 Å². The Kier molecular flexibility index (Phi) is 2.73. The molecule has 0 spiro atoms. The lowest BCUT2D eigenvalue weighted by Gasteiger charge is -2.70. The summed E-state index contributed by atoms with van der Waals surface area (Å²) in [5.74, 6) is 0.550. The van der Waals surface area contributed by atoms with Crippen molar-refractivity contribution in [2.45, 2.75) is 36.0 Å². The van der Waals surface area contributed by atoms with Crippen LogP contribution in [0.15, 0.2) is 48.5 Å². The Morgan fingerprint density at radius 2 is 1.33 bits per heavy atom. The molecule has 2 fully saturated rings. The lowest BCUT2D eigenvalue weighted by Crippen LogP contribution is -2.74. The number of rotatable bonds is 0. The topological polar surface area (TPSA) is 54.1 Å². The van der Waals surface area contributed by atoms with Gasteiger partial charge in [-0.05, 0) is 36.3 Å². The molecule has 4 aliphatic heterocycles. The van der Waals surface area contributed by atoms with Crippen LogP contribution < -0.4 is 0 Å². The Morgan fingerprint density at radius 3 is 1.96 bits per heavy atom. The van der Waals surface area contributed by atoms with Crippen molar-refractivity contribution in [1.29, 1.82) is 10.5 Å². The average molecular weight is 352 g/mol. The van der Waals surface area contributed by atoms with E-state index < -0.39 is 5.41 Å². The highest BCUT2D eigenvalue weighted by molar-refractivity contribution is 5.56. The monoisotopic (exact) mass is 352 g/mol. The molecule has 6 atom stereocenters. The van der Waals surface area contributed by atoms with Crippen LogP contribution >= 0.6 is 0 Å². The van der Waals surface area contributed by atoms with Crippen LogP contribution in [-0.2, 0) is 0 Å². The predicted octanol–water partition coefficient (Wildman–Crippen LogP) is 3.32. The summed E-state index contributed by atoms with van der Waals surface area (Å²) >= 11 is 0. The van der Waals surface area contributed by atoms with Crippen LogP contribution in [-0.4, -0.2) is 36.0 Å². The Morgan fingerprint density at radius 1 is 0.778 bits per heavy atom. The van der Waals surface area contributed by atoms with E-state index in [2.05, 4.69) is 78.5 Å². The van der Waals surface area contributed by atoms with E-state index in [0.29, 0.717) is 12.0 Å². The number of nitrogens with zero attached hydrogens (tertiary/aromatic N) is 4. The zero-order valence-corrected chi connectivity index (χ0v) is 15.4. The summed E-state index contributed by atoms with van der Waals surface area (Å²) in [6.07, 6.45) is 0. The van der Waals surface area contributed by atoms with Crippen LogP contribution in [0.1, 0.15) is 46.2 Å². The third-order valence-corrected chi connectivity index (χ3v) is 7.76. The molecule has 4 nitrogen and oxygen atoms in total. The van der Waals surface area contributed by atoms with Gasteiger partial charge in [-0.25, -0.2) is 0 Å². The van der Waals surface area contributed by atoms with Crippen molar-refractivity contribution in [2.24, 2.45) is 5.41 Å². The Balaban J connectivity index is 1.78. The van der Waals surface area contributed by atoms with E-state index in [1.807, 2.05) is 6.07 Å². The van der Waals surface area contributed by atoms with Gasteiger partial charge in [0.05, 0.1) is 24.2 Å². The fraction of sp³-hybridized carbons (Fsp3) is 0.391. The molecule has 4 heteroatoms. The van der Waals surface area contributed by atoms with Crippen LogP contribution in [0.2, 0.25) is 0 Å². The molecule has 0 radical (unpaired) electrons. The molecule has 2 saturated heterocycles. The second kappa shape index (κ2) is 4.78. The van der Waals surface area contributed by atoms with Gasteiger partial charge in [-0.1, -0.05) is 48.5 Å². The molecule has 5 bridgehead atoms. The first-order valence-corrected chi connectivity index (χ1v) is 9.59. The maximum atomic E-state index is 10.4. The number of hydrogen-bond acceptors (Lipinski definition) is 4. The molecule has 5 aliphatic rings. The molecule has 0 N–H and O–H groups in total. The van der Waals surface area contributed by atoms with Crippen molar-refractivity contribution < 1.29 is 0 Å². The summed E-state index contributed by atoms with van der Waals surface area (Å²) in [5, 5.41) is 20.8. The molecule has 0 aromatic heterocycles. The minimum atomic E-state index is -1.09. The minimum absolute atomic E-state index is 0.0804. The van der Waals surface area contributed by atoms with E-state index >= 15 is 0 Å². The first kappa shape index (κ1) is 15.4. The molecule has 2 aromatic rings. The second-order valence-corrected chi connectivity index (χ2v) is 8.52. The molecular weight excluding hydrogens is 332 g/mol. The highest BCUT2D eigenvalue weighted by Gasteiger charge is 2.71. The molecule has 0 amide bonds. The zero-order valence-electron chi connectivity index (χ0n) is 15.4. The van der Waals surface area contributed by atoms with Gasteiger partial charge in [0.15, 0.2) is 5.41 Å². The fourth-order valence-electron chi connectivity index (χ4n) is 7.06. The van der Waals surface area contributed by atoms with Crippen molar-refractivity contribution in [3.8, 4) is 12.1 Å². The second-order valence-electron chi connectivity index (χ2n) is 8.52. The Labute approximate surface area is 159 Å². The number of hydrogen-bond donors (Lipinski definition) is 0. The molecule has 4 unspecified atom stereocenters. The summed E-state index contributed by atoms with van der Waals surface area (Å²) in [7, 11) is 4.25. The highest BCUT2D eigenvalue weighted by atomic mass is 15.3. The number of nitriles is 2. The van der Waals surface area contributed by atoms with Gasteiger partial charge in [0.25, 0.3) is 0 Å². The summed E-state index contributed by atoms with van der Waals surface area (Å²) in [6.45, 7) is 0. The summed E-state index contributed by atoms with van der Waals surface area (Å²) in [5.41, 5.74) is 4.13. The molecule has 27 heavy (non-hydrogen) atoms. The minimum Gasteiger partial charge on any atom is -0.292 e. The van der Waals surface area contributed by atoms with Gasteiger partial charge in [-0.2, -0.15) is 10.5 Å². The van der Waals surface area contributed by atoms with E-state index in [0.717, 1.165) is 0 Å². The maximum absolute atomic E-state index is 10.4. The fourth-order valence-corrected chi connectivity index (χ4v) is 7.06. The van der Waals surface area contributed by atoms with Gasteiger partial charge in [0.2, 0.25) is 0 Å². The Bertz CT molecular complexity index is 1050. The summed E-state index contributed by atoms with van der Waals surface area (Å²) in [4.78, 5) is 4.72. The van der Waals surface area contributed by atoms with E-state index in [-0.39, 0.29) is 24.0 Å². The van der Waals surface area contributed by atoms with Crippen molar-refractivity contribution in [3.63, 3.8) is 0 Å². The van der Waals surface area contributed by atoms with Crippen LogP contribution in [0.3, 0.4) is 0 Å². The normalized spacial score (nSPS) is 37.2. The molecule has 4 heterocycles. The largest absolute Gasteiger partial charge is 0.292 e. The van der Waals surface area contributed by atoms with Gasteiger partial charge >= 0.3 is 0 Å². The third-order valence-electron chi connectivity index (χ3n) is 7.76.